The number of alkyl halides is 3. The molecule has 7 nitrogen and oxygen atoms in total. The van der Waals surface area contributed by atoms with Gasteiger partial charge >= 0.3 is 12.1 Å². The summed E-state index contributed by atoms with van der Waals surface area (Å²) in [6, 6.07) is 1.49. The molecule has 1 aliphatic heterocycles. The maximum atomic E-state index is 12.9. The standard InChI is InChI=1S/C16H11ClF3N3O4S/c17-9-2-1-7(16(18,19)20)3-10(9)22-11-5-12(24)23(14(11)27)15-21-8(6-28-15)4-13(25)26/h1-3,6,11,22H,4-5H2,(H,25,26). The van der Waals surface area contributed by atoms with Crippen LogP contribution in [0.2, 0.25) is 5.02 Å². The number of benzene rings is 1. The maximum Gasteiger partial charge on any atom is 0.416 e. The van der Waals surface area contributed by atoms with Gasteiger partial charge in [-0.25, -0.2) is 9.88 Å². The van der Waals surface area contributed by atoms with Gasteiger partial charge in [-0.3, -0.25) is 14.4 Å². The van der Waals surface area contributed by atoms with Crippen LogP contribution in [0.1, 0.15) is 17.7 Å². The Morgan fingerprint density at radius 1 is 1.39 bits per heavy atom. The number of halogens is 4. The summed E-state index contributed by atoms with van der Waals surface area (Å²) in [5.74, 6) is -2.44. The summed E-state index contributed by atoms with van der Waals surface area (Å²) in [7, 11) is 0. The zero-order chi connectivity index (χ0) is 20.6. The van der Waals surface area contributed by atoms with Gasteiger partial charge in [-0.15, -0.1) is 11.3 Å². The van der Waals surface area contributed by atoms with Crippen molar-refractivity contribution in [3.63, 3.8) is 0 Å². The van der Waals surface area contributed by atoms with Gasteiger partial charge in [-0.1, -0.05) is 11.6 Å². The minimum Gasteiger partial charge on any atom is -0.481 e. The van der Waals surface area contributed by atoms with Gasteiger partial charge in [0.25, 0.3) is 5.91 Å². The molecule has 1 aromatic carbocycles. The Bertz CT molecular complexity index is 963. The van der Waals surface area contributed by atoms with Crippen LogP contribution >= 0.6 is 22.9 Å². The van der Waals surface area contributed by atoms with Gasteiger partial charge in [-0.2, -0.15) is 13.2 Å². The van der Waals surface area contributed by atoms with Crippen molar-refractivity contribution in [2.45, 2.75) is 25.1 Å². The summed E-state index contributed by atoms with van der Waals surface area (Å²) in [4.78, 5) is 40.3. The van der Waals surface area contributed by atoms with E-state index < -0.39 is 35.6 Å². The van der Waals surface area contributed by atoms with Crippen LogP contribution in [0.15, 0.2) is 23.6 Å². The molecule has 0 spiro atoms. The van der Waals surface area contributed by atoms with Gasteiger partial charge in [0.1, 0.15) is 6.04 Å². The van der Waals surface area contributed by atoms with Crippen molar-refractivity contribution in [2.75, 3.05) is 10.2 Å². The Balaban J connectivity index is 1.81. The van der Waals surface area contributed by atoms with E-state index in [4.69, 9.17) is 16.7 Å². The summed E-state index contributed by atoms with van der Waals surface area (Å²) in [6.45, 7) is 0. The van der Waals surface area contributed by atoms with Crippen molar-refractivity contribution in [2.24, 2.45) is 0 Å². The molecule has 148 valence electrons. The summed E-state index contributed by atoms with van der Waals surface area (Å²) < 4.78 is 38.6. The lowest BCUT2D eigenvalue weighted by Crippen LogP contribution is -2.34. The van der Waals surface area contributed by atoms with Crippen LogP contribution in [0.4, 0.5) is 24.0 Å². The zero-order valence-electron chi connectivity index (χ0n) is 13.8. The average Bonchev–Trinajstić information content (AvgIpc) is 3.12. The number of carbonyl (C=O) groups excluding carboxylic acids is 2. The summed E-state index contributed by atoms with van der Waals surface area (Å²) in [6.07, 6.45) is -5.27. The van der Waals surface area contributed by atoms with Gasteiger partial charge in [0, 0.05) is 5.38 Å². The van der Waals surface area contributed by atoms with E-state index in [0.29, 0.717) is 0 Å². The third kappa shape index (κ3) is 4.09. The first kappa shape index (κ1) is 20.1. The van der Waals surface area contributed by atoms with Crippen molar-refractivity contribution >= 4 is 51.5 Å². The molecule has 0 bridgehead atoms. The van der Waals surface area contributed by atoms with E-state index in [1.165, 1.54) is 5.38 Å². The van der Waals surface area contributed by atoms with Crippen LogP contribution in [0.25, 0.3) is 0 Å². The molecule has 1 atom stereocenters. The number of carboxylic acid groups (broad SMARTS) is 1. The summed E-state index contributed by atoms with van der Waals surface area (Å²) >= 11 is 6.83. The van der Waals surface area contributed by atoms with E-state index in [2.05, 4.69) is 10.3 Å². The Labute approximate surface area is 164 Å². The number of hydrogen-bond acceptors (Lipinski definition) is 6. The minimum absolute atomic E-state index is 0.00527. The first-order valence-corrected chi connectivity index (χ1v) is 8.98. The van der Waals surface area contributed by atoms with E-state index in [1.807, 2.05) is 0 Å². The van der Waals surface area contributed by atoms with E-state index >= 15 is 0 Å². The predicted molar refractivity (Wildman–Crippen MR) is 94.4 cm³/mol. The number of aliphatic carboxylic acids is 1. The van der Waals surface area contributed by atoms with E-state index in [0.717, 1.165) is 34.4 Å². The number of nitrogens with zero attached hydrogens (tertiary/aromatic N) is 2. The fourth-order valence-corrected chi connectivity index (χ4v) is 3.60. The number of carbonyl (C=O) groups is 3. The lowest BCUT2D eigenvalue weighted by atomic mass is 10.1. The number of carboxylic acids is 1. The largest absolute Gasteiger partial charge is 0.481 e. The topological polar surface area (TPSA) is 99.6 Å². The van der Waals surface area contributed by atoms with E-state index in [1.54, 1.807) is 0 Å². The molecule has 2 N–H and O–H groups in total. The van der Waals surface area contributed by atoms with Gasteiger partial charge in [0.05, 0.1) is 34.8 Å². The number of hydrogen-bond donors (Lipinski definition) is 2. The van der Waals surface area contributed by atoms with Crippen molar-refractivity contribution in [3.8, 4) is 0 Å². The normalized spacial score (nSPS) is 17.3. The average molecular weight is 434 g/mol. The van der Waals surface area contributed by atoms with Crippen LogP contribution in [-0.2, 0) is 27.0 Å². The third-order valence-electron chi connectivity index (χ3n) is 3.83. The monoisotopic (exact) mass is 433 g/mol. The highest BCUT2D eigenvalue weighted by molar-refractivity contribution is 7.14. The molecule has 1 fully saturated rings. The molecule has 2 amide bonds. The minimum atomic E-state index is -4.59. The molecule has 1 saturated heterocycles. The van der Waals surface area contributed by atoms with Crippen LogP contribution in [-0.4, -0.2) is 33.9 Å². The molecule has 2 heterocycles. The van der Waals surface area contributed by atoms with Crippen molar-refractivity contribution in [3.05, 3.63) is 39.9 Å². The van der Waals surface area contributed by atoms with Crippen molar-refractivity contribution in [1.29, 1.82) is 0 Å². The van der Waals surface area contributed by atoms with Crippen molar-refractivity contribution in [1.82, 2.24) is 4.98 Å². The van der Waals surface area contributed by atoms with E-state index in [-0.39, 0.29) is 34.4 Å². The third-order valence-corrected chi connectivity index (χ3v) is 5.04. The number of anilines is 2. The Morgan fingerprint density at radius 2 is 2.11 bits per heavy atom. The molecule has 28 heavy (non-hydrogen) atoms. The number of rotatable bonds is 5. The predicted octanol–water partition coefficient (Wildman–Crippen LogP) is 3.19. The summed E-state index contributed by atoms with van der Waals surface area (Å²) in [5.41, 5.74) is -0.896. The molecule has 0 saturated carbocycles. The zero-order valence-corrected chi connectivity index (χ0v) is 15.4. The number of imide groups is 1. The fourth-order valence-electron chi connectivity index (χ4n) is 2.58. The first-order valence-electron chi connectivity index (χ1n) is 7.72. The molecule has 1 aliphatic rings. The second-order valence-corrected chi connectivity index (χ2v) is 7.10. The van der Waals surface area contributed by atoms with Crippen LogP contribution < -0.4 is 10.2 Å². The number of aromatic nitrogens is 1. The number of nitrogens with one attached hydrogen (secondary N) is 1. The number of amides is 2. The van der Waals surface area contributed by atoms with Gasteiger partial charge in [0.2, 0.25) is 5.91 Å². The smallest absolute Gasteiger partial charge is 0.416 e. The lowest BCUT2D eigenvalue weighted by Gasteiger charge is -2.16. The van der Waals surface area contributed by atoms with E-state index in [9.17, 15) is 27.6 Å². The molecule has 0 aliphatic carbocycles. The quantitative estimate of drug-likeness (QED) is 0.702. The molecular formula is C16H11ClF3N3O4S. The highest BCUT2D eigenvalue weighted by atomic mass is 35.5. The van der Waals surface area contributed by atoms with Gasteiger partial charge in [-0.05, 0) is 18.2 Å². The molecule has 0 radical (unpaired) electrons. The second kappa shape index (κ2) is 7.40. The molecule has 3 rings (SSSR count). The molecule has 2 aromatic rings. The highest BCUT2D eigenvalue weighted by Crippen LogP contribution is 2.35. The second-order valence-electron chi connectivity index (χ2n) is 5.85. The SMILES string of the molecule is O=C(O)Cc1csc(N2C(=O)CC(Nc3cc(C(F)(F)F)ccc3Cl)C2=O)n1. The number of thiazole rings is 1. The highest BCUT2D eigenvalue weighted by Gasteiger charge is 2.41. The van der Waals surface area contributed by atoms with Crippen LogP contribution in [0.5, 0.6) is 0 Å². The molecule has 12 heteroatoms. The van der Waals surface area contributed by atoms with Crippen molar-refractivity contribution < 1.29 is 32.7 Å². The Hall–Kier alpha value is -2.66. The maximum absolute atomic E-state index is 12.9. The Kier molecular flexibility index (Phi) is 5.31. The summed E-state index contributed by atoms with van der Waals surface area (Å²) in [5, 5.41) is 12.7. The first-order chi connectivity index (χ1) is 13.1. The molecule has 1 unspecified atom stereocenters. The van der Waals surface area contributed by atoms with Crippen LogP contribution in [0.3, 0.4) is 0 Å². The molecule has 1 aromatic heterocycles. The Morgan fingerprint density at radius 3 is 2.75 bits per heavy atom. The van der Waals surface area contributed by atoms with Gasteiger partial charge in [0.15, 0.2) is 5.13 Å². The molecular weight excluding hydrogens is 423 g/mol. The lowest BCUT2D eigenvalue weighted by molar-refractivity contribution is -0.138. The van der Waals surface area contributed by atoms with Crippen LogP contribution in [0, 0.1) is 0 Å². The fraction of sp³-hybridized carbons (Fsp3) is 0.250. The van der Waals surface area contributed by atoms with Gasteiger partial charge < -0.3 is 10.4 Å².